The fourth-order valence-electron chi connectivity index (χ4n) is 1.23. The fraction of sp³-hybridized carbons (Fsp3) is 0. The number of nitrogens with two attached hydrogens (primary N) is 1. The second-order valence-electron chi connectivity index (χ2n) is 2.62. The molecule has 0 aliphatic heterocycles. The predicted molar refractivity (Wildman–Crippen MR) is 51.6 cm³/mol. The maximum atomic E-state index is 13.4. The summed E-state index contributed by atoms with van der Waals surface area (Å²) in [6, 6.07) is 5.10. The molecule has 0 amide bonds. The average Bonchev–Trinajstić information content (AvgIpc) is 2.44. The zero-order valence-electron chi connectivity index (χ0n) is 6.58. The number of carbonyl (C=O) groups excluding carboxylic acids is 1. The lowest BCUT2D eigenvalue weighted by Crippen LogP contribution is -1.86. The zero-order chi connectivity index (χ0) is 9.42. The van der Waals surface area contributed by atoms with Gasteiger partial charge in [0.25, 0.3) is 0 Å². The normalized spacial score (nSPS) is 10.5. The smallest absolute Gasteiger partial charge is 0.163 e. The molecule has 0 saturated heterocycles. The molecule has 2 aromatic rings. The number of benzene rings is 1. The standard InChI is InChI=1S/C9H6FNOS/c10-9-7(4-12)13-6-3-1-2-5(11)8(6)9/h1-4H,11H2. The van der Waals surface area contributed by atoms with Crippen molar-refractivity contribution in [2.24, 2.45) is 0 Å². The summed E-state index contributed by atoms with van der Waals surface area (Å²) in [5.41, 5.74) is 5.95. The molecule has 4 heteroatoms. The van der Waals surface area contributed by atoms with E-state index in [2.05, 4.69) is 0 Å². The Kier molecular flexibility index (Phi) is 1.77. The Morgan fingerprint density at radius 3 is 2.85 bits per heavy atom. The summed E-state index contributed by atoms with van der Waals surface area (Å²) in [5, 5.41) is 0.356. The molecule has 0 aliphatic carbocycles. The van der Waals surface area contributed by atoms with Crippen LogP contribution in [0.4, 0.5) is 10.1 Å². The molecule has 0 radical (unpaired) electrons. The quantitative estimate of drug-likeness (QED) is 0.561. The largest absolute Gasteiger partial charge is 0.398 e. The van der Waals surface area contributed by atoms with E-state index in [-0.39, 0.29) is 4.88 Å². The van der Waals surface area contributed by atoms with Gasteiger partial charge in [0.05, 0.1) is 5.39 Å². The molecule has 2 rings (SSSR count). The first-order valence-corrected chi connectivity index (χ1v) is 4.47. The molecule has 2 N–H and O–H groups in total. The number of carbonyl (C=O) groups is 1. The lowest BCUT2D eigenvalue weighted by Gasteiger charge is -1.93. The number of thiophene rings is 1. The van der Waals surface area contributed by atoms with Crippen molar-refractivity contribution < 1.29 is 9.18 Å². The molecule has 2 nitrogen and oxygen atoms in total. The van der Waals surface area contributed by atoms with Crippen molar-refractivity contribution in [2.45, 2.75) is 0 Å². The van der Waals surface area contributed by atoms with Crippen LogP contribution < -0.4 is 5.73 Å². The third kappa shape index (κ3) is 1.10. The number of anilines is 1. The minimum atomic E-state index is -0.506. The van der Waals surface area contributed by atoms with Crippen LogP contribution >= 0.6 is 11.3 Å². The van der Waals surface area contributed by atoms with Gasteiger partial charge in [-0.25, -0.2) is 4.39 Å². The highest BCUT2D eigenvalue weighted by Gasteiger charge is 2.12. The number of hydrogen-bond acceptors (Lipinski definition) is 3. The summed E-state index contributed by atoms with van der Waals surface area (Å²) in [4.78, 5) is 10.5. The third-order valence-corrected chi connectivity index (χ3v) is 2.88. The van der Waals surface area contributed by atoms with E-state index < -0.39 is 5.82 Å². The van der Waals surface area contributed by atoms with E-state index in [1.165, 1.54) is 0 Å². The molecule has 1 aromatic carbocycles. The summed E-state index contributed by atoms with van der Waals surface area (Å²) >= 11 is 1.11. The first kappa shape index (κ1) is 8.19. The van der Waals surface area contributed by atoms with Gasteiger partial charge in [-0.15, -0.1) is 11.3 Å². The van der Waals surface area contributed by atoms with E-state index in [1.807, 2.05) is 0 Å². The molecular formula is C9H6FNOS. The van der Waals surface area contributed by atoms with Crippen molar-refractivity contribution in [3.8, 4) is 0 Å². The van der Waals surface area contributed by atoms with Gasteiger partial charge in [-0.2, -0.15) is 0 Å². The Morgan fingerprint density at radius 1 is 1.46 bits per heavy atom. The van der Waals surface area contributed by atoms with E-state index in [0.29, 0.717) is 22.1 Å². The van der Waals surface area contributed by atoms with Crippen LogP contribution in [0.15, 0.2) is 18.2 Å². The van der Waals surface area contributed by atoms with Crippen molar-refractivity contribution in [3.05, 3.63) is 28.9 Å². The Hall–Kier alpha value is -1.42. The first-order valence-electron chi connectivity index (χ1n) is 3.65. The number of hydrogen-bond donors (Lipinski definition) is 1. The van der Waals surface area contributed by atoms with E-state index in [9.17, 15) is 9.18 Å². The summed E-state index contributed by atoms with van der Waals surface area (Å²) < 4.78 is 14.1. The van der Waals surface area contributed by atoms with E-state index in [0.717, 1.165) is 11.3 Å². The number of fused-ring (bicyclic) bond motifs is 1. The summed E-state index contributed by atoms with van der Waals surface area (Å²) in [6.07, 6.45) is 0.513. The highest BCUT2D eigenvalue weighted by Crippen LogP contribution is 2.32. The highest BCUT2D eigenvalue weighted by atomic mass is 32.1. The Balaban J connectivity index is 2.92. The summed E-state index contributed by atoms with van der Waals surface area (Å²) in [5.74, 6) is -0.506. The summed E-state index contributed by atoms with van der Waals surface area (Å²) in [7, 11) is 0. The van der Waals surface area contributed by atoms with Gasteiger partial charge in [0, 0.05) is 10.4 Å². The van der Waals surface area contributed by atoms with Gasteiger partial charge >= 0.3 is 0 Å². The molecule has 0 unspecified atom stereocenters. The maximum Gasteiger partial charge on any atom is 0.163 e. The van der Waals surface area contributed by atoms with Crippen molar-refractivity contribution in [2.75, 3.05) is 5.73 Å². The molecule has 0 spiro atoms. The van der Waals surface area contributed by atoms with Gasteiger partial charge in [-0.3, -0.25) is 4.79 Å². The second-order valence-corrected chi connectivity index (χ2v) is 3.70. The van der Waals surface area contributed by atoms with Crippen molar-refractivity contribution in [1.82, 2.24) is 0 Å². The molecule has 66 valence electrons. The zero-order valence-corrected chi connectivity index (χ0v) is 7.40. The van der Waals surface area contributed by atoms with Crippen LogP contribution in [0.3, 0.4) is 0 Å². The van der Waals surface area contributed by atoms with Crippen molar-refractivity contribution in [1.29, 1.82) is 0 Å². The van der Waals surface area contributed by atoms with Gasteiger partial charge in [0.1, 0.15) is 4.88 Å². The van der Waals surface area contributed by atoms with Crippen LogP contribution in [0.1, 0.15) is 9.67 Å². The van der Waals surface area contributed by atoms with Gasteiger partial charge in [0.15, 0.2) is 12.1 Å². The molecular weight excluding hydrogens is 189 g/mol. The fourth-order valence-corrected chi connectivity index (χ4v) is 2.16. The molecule has 1 heterocycles. The number of nitrogen functional groups attached to an aromatic ring is 1. The SMILES string of the molecule is Nc1cccc2sc(C=O)c(F)c12. The molecule has 0 bridgehead atoms. The number of aldehydes is 1. The lowest BCUT2D eigenvalue weighted by molar-refractivity contribution is 0.112. The van der Waals surface area contributed by atoms with Gasteiger partial charge in [0.2, 0.25) is 0 Å². The predicted octanol–water partition coefficient (Wildman–Crippen LogP) is 2.44. The van der Waals surface area contributed by atoms with Crippen LogP contribution in [-0.4, -0.2) is 6.29 Å². The van der Waals surface area contributed by atoms with Crippen LogP contribution in [0.25, 0.3) is 10.1 Å². The van der Waals surface area contributed by atoms with E-state index in [1.54, 1.807) is 18.2 Å². The van der Waals surface area contributed by atoms with Gasteiger partial charge in [-0.1, -0.05) is 6.07 Å². The molecule has 1 aromatic heterocycles. The molecule has 0 saturated carbocycles. The van der Waals surface area contributed by atoms with E-state index in [4.69, 9.17) is 5.73 Å². The monoisotopic (exact) mass is 195 g/mol. The molecule has 0 fully saturated rings. The number of rotatable bonds is 1. The van der Waals surface area contributed by atoms with E-state index >= 15 is 0 Å². The first-order chi connectivity index (χ1) is 6.24. The topological polar surface area (TPSA) is 43.1 Å². The van der Waals surface area contributed by atoms with Crippen LogP contribution in [0, 0.1) is 5.82 Å². The van der Waals surface area contributed by atoms with Crippen molar-refractivity contribution in [3.63, 3.8) is 0 Å². The lowest BCUT2D eigenvalue weighted by atomic mass is 10.2. The maximum absolute atomic E-state index is 13.4. The Bertz CT molecular complexity index is 478. The molecule has 13 heavy (non-hydrogen) atoms. The minimum absolute atomic E-state index is 0.105. The van der Waals surface area contributed by atoms with Crippen LogP contribution in [0.5, 0.6) is 0 Å². The second kappa shape index (κ2) is 2.81. The van der Waals surface area contributed by atoms with Crippen LogP contribution in [-0.2, 0) is 0 Å². The average molecular weight is 195 g/mol. The Labute approximate surface area is 77.8 Å². The summed E-state index contributed by atoms with van der Waals surface area (Å²) in [6.45, 7) is 0. The number of halogens is 1. The van der Waals surface area contributed by atoms with Crippen molar-refractivity contribution >= 4 is 33.4 Å². The molecule has 0 aliphatic rings. The molecule has 0 atom stereocenters. The van der Waals surface area contributed by atoms with Crippen LogP contribution in [0.2, 0.25) is 0 Å². The third-order valence-electron chi connectivity index (χ3n) is 1.82. The van der Waals surface area contributed by atoms with Gasteiger partial charge in [-0.05, 0) is 12.1 Å². The van der Waals surface area contributed by atoms with Gasteiger partial charge < -0.3 is 5.73 Å². The highest BCUT2D eigenvalue weighted by molar-refractivity contribution is 7.20. The Morgan fingerprint density at radius 2 is 2.23 bits per heavy atom. The minimum Gasteiger partial charge on any atom is -0.398 e.